The number of alkyl halides is 2. The molecule has 138 valence electrons. The van der Waals surface area contributed by atoms with Crippen molar-refractivity contribution in [2.45, 2.75) is 26.5 Å². The van der Waals surface area contributed by atoms with Crippen LogP contribution in [0.4, 0.5) is 8.78 Å². The van der Waals surface area contributed by atoms with Gasteiger partial charge >= 0.3 is 12.6 Å². The molecule has 1 aromatic carbocycles. The number of halogens is 3. The standard InChI is InChI=1S/C14H17F2N5O3.ClH/c1-2-7-20(9-13(22)23)8-12-17-18-19-21(12)10-3-5-11(6-4-10)24-14(15)16;/h3-6,14H,2,7-9H2,1H3,(H,22,23);1H. The van der Waals surface area contributed by atoms with E-state index in [1.807, 2.05) is 6.92 Å². The maximum absolute atomic E-state index is 12.2. The van der Waals surface area contributed by atoms with Crippen LogP contribution in [0.5, 0.6) is 5.75 Å². The molecule has 0 radical (unpaired) electrons. The van der Waals surface area contributed by atoms with Crippen LogP contribution in [0, 0.1) is 0 Å². The predicted molar refractivity (Wildman–Crippen MR) is 86.2 cm³/mol. The van der Waals surface area contributed by atoms with E-state index in [4.69, 9.17) is 5.11 Å². The number of nitrogens with zero attached hydrogens (tertiary/aromatic N) is 5. The molecule has 0 aliphatic carbocycles. The minimum atomic E-state index is -2.89. The van der Waals surface area contributed by atoms with Gasteiger partial charge in [-0.25, -0.2) is 0 Å². The maximum atomic E-state index is 12.2. The van der Waals surface area contributed by atoms with Gasteiger partial charge in [0.25, 0.3) is 0 Å². The normalized spacial score (nSPS) is 10.8. The van der Waals surface area contributed by atoms with Crippen LogP contribution in [0.3, 0.4) is 0 Å². The number of aromatic nitrogens is 4. The zero-order valence-electron chi connectivity index (χ0n) is 13.4. The summed E-state index contributed by atoms with van der Waals surface area (Å²) in [7, 11) is 0. The van der Waals surface area contributed by atoms with Gasteiger partial charge < -0.3 is 9.84 Å². The number of hydrogen-bond donors (Lipinski definition) is 1. The van der Waals surface area contributed by atoms with Gasteiger partial charge in [-0.3, -0.25) is 9.69 Å². The highest BCUT2D eigenvalue weighted by Gasteiger charge is 2.15. The van der Waals surface area contributed by atoms with E-state index in [1.54, 1.807) is 17.0 Å². The number of tetrazole rings is 1. The highest BCUT2D eigenvalue weighted by Crippen LogP contribution is 2.17. The minimum Gasteiger partial charge on any atom is -0.480 e. The van der Waals surface area contributed by atoms with Gasteiger partial charge in [-0.05, 0) is 47.7 Å². The number of hydrogen-bond acceptors (Lipinski definition) is 6. The summed E-state index contributed by atoms with van der Waals surface area (Å²) in [6, 6.07) is 5.85. The lowest BCUT2D eigenvalue weighted by atomic mass is 10.3. The van der Waals surface area contributed by atoms with Gasteiger partial charge in [-0.1, -0.05) is 6.92 Å². The molecule has 0 saturated heterocycles. The third kappa shape index (κ3) is 6.24. The summed E-state index contributed by atoms with van der Waals surface area (Å²) >= 11 is 0. The van der Waals surface area contributed by atoms with Gasteiger partial charge in [0, 0.05) is 0 Å². The average Bonchev–Trinajstić information content (AvgIpc) is 2.95. The molecule has 8 nitrogen and oxygen atoms in total. The van der Waals surface area contributed by atoms with E-state index in [9.17, 15) is 13.6 Å². The van der Waals surface area contributed by atoms with Gasteiger partial charge in [0.2, 0.25) is 0 Å². The second kappa shape index (κ2) is 9.84. The molecule has 0 spiro atoms. The molecule has 2 rings (SSSR count). The number of carbonyl (C=O) groups is 1. The Balaban J connectivity index is 0.00000312. The van der Waals surface area contributed by atoms with E-state index < -0.39 is 12.6 Å². The summed E-state index contributed by atoms with van der Waals surface area (Å²) in [5.74, 6) is -0.454. The van der Waals surface area contributed by atoms with E-state index >= 15 is 0 Å². The van der Waals surface area contributed by atoms with Gasteiger partial charge in [0.1, 0.15) is 5.75 Å². The molecule has 0 saturated carbocycles. The van der Waals surface area contributed by atoms with Gasteiger partial charge in [-0.15, -0.1) is 17.5 Å². The third-order valence-electron chi connectivity index (χ3n) is 3.10. The lowest BCUT2D eigenvalue weighted by molar-refractivity contribution is -0.138. The number of ether oxygens (including phenoxy) is 1. The molecular weight excluding hydrogens is 360 g/mol. The van der Waals surface area contributed by atoms with Crippen LogP contribution in [-0.4, -0.2) is 55.9 Å². The lowest BCUT2D eigenvalue weighted by Crippen LogP contribution is -2.31. The molecule has 0 atom stereocenters. The zero-order chi connectivity index (χ0) is 17.5. The SMILES string of the molecule is CCCN(CC(=O)O)Cc1nnnn1-c1ccc(OC(F)F)cc1.Cl. The second-order valence-corrected chi connectivity index (χ2v) is 4.98. The van der Waals surface area contributed by atoms with Crippen molar-refractivity contribution in [3.8, 4) is 11.4 Å². The van der Waals surface area contributed by atoms with Crippen molar-refractivity contribution in [1.29, 1.82) is 0 Å². The lowest BCUT2D eigenvalue weighted by Gasteiger charge is -2.18. The largest absolute Gasteiger partial charge is 0.480 e. The molecular formula is C14H18ClF2N5O3. The van der Waals surface area contributed by atoms with Crippen molar-refractivity contribution in [2.75, 3.05) is 13.1 Å². The Morgan fingerprint density at radius 2 is 2.04 bits per heavy atom. The molecule has 1 aromatic heterocycles. The van der Waals surface area contributed by atoms with E-state index in [-0.39, 0.29) is 31.2 Å². The molecule has 0 unspecified atom stereocenters. The van der Waals surface area contributed by atoms with E-state index in [0.29, 0.717) is 18.1 Å². The fraction of sp³-hybridized carbons (Fsp3) is 0.429. The summed E-state index contributed by atoms with van der Waals surface area (Å²) in [5.41, 5.74) is 0.559. The summed E-state index contributed by atoms with van der Waals surface area (Å²) in [6.07, 6.45) is 0.786. The maximum Gasteiger partial charge on any atom is 0.387 e. The minimum absolute atomic E-state index is 0. The molecule has 0 amide bonds. The molecule has 0 fully saturated rings. The zero-order valence-corrected chi connectivity index (χ0v) is 14.2. The Kier molecular flexibility index (Phi) is 8.16. The second-order valence-electron chi connectivity index (χ2n) is 4.98. The van der Waals surface area contributed by atoms with Crippen LogP contribution < -0.4 is 4.74 Å². The summed E-state index contributed by atoms with van der Waals surface area (Å²) in [5, 5.41) is 20.3. The van der Waals surface area contributed by atoms with Crippen molar-refractivity contribution in [1.82, 2.24) is 25.1 Å². The smallest absolute Gasteiger partial charge is 0.387 e. The molecule has 1 heterocycles. The molecule has 0 aliphatic heterocycles. The molecule has 11 heteroatoms. The van der Waals surface area contributed by atoms with Crippen LogP contribution in [0.15, 0.2) is 24.3 Å². The third-order valence-corrected chi connectivity index (χ3v) is 3.10. The van der Waals surface area contributed by atoms with Gasteiger partial charge in [0.15, 0.2) is 5.82 Å². The Labute approximate surface area is 148 Å². The van der Waals surface area contributed by atoms with Gasteiger partial charge in [0.05, 0.1) is 18.8 Å². The first-order chi connectivity index (χ1) is 11.5. The Morgan fingerprint density at radius 1 is 1.36 bits per heavy atom. The fourth-order valence-corrected chi connectivity index (χ4v) is 2.20. The number of rotatable bonds is 9. The topological polar surface area (TPSA) is 93.4 Å². The summed E-state index contributed by atoms with van der Waals surface area (Å²) < 4.78 is 30.0. The molecule has 0 aliphatic rings. The number of benzene rings is 1. The quantitative estimate of drug-likeness (QED) is 0.714. The van der Waals surface area contributed by atoms with Crippen molar-refractivity contribution in [3.05, 3.63) is 30.1 Å². The van der Waals surface area contributed by atoms with Crippen molar-refractivity contribution >= 4 is 18.4 Å². The molecule has 1 N–H and O–H groups in total. The van der Waals surface area contributed by atoms with Crippen molar-refractivity contribution < 1.29 is 23.4 Å². The first kappa shape index (κ1) is 20.7. The number of carboxylic acids is 1. The van der Waals surface area contributed by atoms with E-state index in [2.05, 4.69) is 20.3 Å². The number of carboxylic acid groups (broad SMARTS) is 1. The van der Waals surface area contributed by atoms with E-state index in [0.717, 1.165) is 6.42 Å². The number of aliphatic carboxylic acids is 1. The Bertz CT molecular complexity index is 669. The highest BCUT2D eigenvalue weighted by molar-refractivity contribution is 5.85. The Hall–Kier alpha value is -2.33. The average molecular weight is 378 g/mol. The van der Waals surface area contributed by atoms with Crippen molar-refractivity contribution in [3.63, 3.8) is 0 Å². The van der Waals surface area contributed by atoms with E-state index in [1.165, 1.54) is 16.8 Å². The first-order valence-corrected chi connectivity index (χ1v) is 7.26. The molecule has 25 heavy (non-hydrogen) atoms. The van der Waals surface area contributed by atoms with Crippen molar-refractivity contribution in [2.24, 2.45) is 0 Å². The summed E-state index contributed by atoms with van der Waals surface area (Å²) in [6.45, 7) is -0.234. The van der Waals surface area contributed by atoms with Crippen LogP contribution in [0.2, 0.25) is 0 Å². The molecule has 2 aromatic rings. The van der Waals surface area contributed by atoms with Crippen LogP contribution in [-0.2, 0) is 11.3 Å². The van der Waals surface area contributed by atoms with Crippen LogP contribution in [0.25, 0.3) is 5.69 Å². The molecule has 0 bridgehead atoms. The van der Waals surface area contributed by atoms with Crippen LogP contribution in [0.1, 0.15) is 19.2 Å². The highest BCUT2D eigenvalue weighted by atomic mass is 35.5. The fourth-order valence-electron chi connectivity index (χ4n) is 2.20. The Morgan fingerprint density at radius 3 is 2.60 bits per heavy atom. The predicted octanol–water partition coefficient (Wildman–Crippen LogP) is 1.98. The van der Waals surface area contributed by atoms with Crippen LogP contribution >= 0.6 is 12.4 Å². The van der Waals surface area contributed by atoms with Gasteiger partial charge in [-0.2, -0.15) is 13.5 Å². The monoisotopic (exact) mass is 377 g/mol. The summed E-state index contributed by atoms with van der Waals surface area (Å²) in [4.78, 5) is 12.6. The first-order valence-electron chi connectivity index (χ1n) is 7.26.